The highest BCUT2D eigenvalue weighted by Crippen LogP contribution is 2.39. The maximum atomic E-state index is 13.3. The lowest BCUT2D eigenvalue weighted by Crippen LogP contribution is -2.38. The van der Waals surface area contributed by atoms with Gasteiger partial charge in [0.25, 0.3) is 10.0 Å². The fraction of sp³-hybridized carbons (Fsp3) is 0.136. The number of hydrogen-bond acceptors (Lipinski definition) is 6. The van der Waals surface area contributed by atoms with Crippen molar-refractivity contribution in [2.75, 3.05) is 11.4 Å². The topological polar surface area (TPSA) is 75.7 Å². The van der Waals surface area contributed by atoms with Gasteiger partial charge in [0.05, 0.1) is 19.3 Å². The van der Waals surface area contributed by atoms with Crippen LogP contribution in [0.2, 0.25) is 0 Å². The smallest absolute Gasteiger partial charge is 0.270 e. The van der Waals surface area contributed by atoms with Crippen LogP contribution in [0.1, 0.15) is 20.8 Å². The van der Waals surface area contributed by atoms with Crippen molar-refractivity contribution >= 4 is 32.8 Å². The molecule has 0 radical (unpaired) electrons. The number of fused-ring (bicyclic) bond motifs is 1. The average Bonchev–Trinajstić information content (AvgIpc) is 3.25. The van der Waals surface area contributed by atoms with E-state index in [0.717, 1.165) is 5.56 Å². The number of thiophene rings is 1. The monoisotopic (exact) mass is 458 g/mol. The summed E-state index contributed by atoms with van der Waals surface area (Å²) in [5.41, 5.74) is 1.82. The van der Waals surface area contributed by atoms with Crippen molar-refractivity contribution in [3.8, 4) is 5.75 Å². The Balaban J connectivity index is 1.64. The van der Waals surface area contributed by atoms with Gasteiger partial charge in [0, 0.05) is 12.7 Å². The number of nitrogens with zero attached hydrogens (tertiary/aromatic N) is 1. The summed E-state index contributed by atoms with van der Waals surface area (Å²) in [6, 6.07) is 14.5. The number of carbonyl (C=O) groups excluding carboxylic acids is 1. The molecular weight excluding hydrogens is 439 g/mol. The van der Waals surface area contributed by atoms with Gasteiger partial charge < -0.3 is 10.1 Å². The summed E-state index contributed by atoms with van der Waals surface area (Å²) >= 11 is 1.19. The summed E-state index contributed by atoms with van der Waals surface area (Å²) in [6.45, 7) is 0.311. The molecule has 0 unspecified atom stereocenters. The van der Waals surface area contributed by atoms with E-state index in [1.807, 2.05) is 24.3 Å². The third-order valence-electron chi connectivity index (χ3n) is 4.82. The summed E-state index contributed by atoms with van der Waals surface area (Å²) in [4.78, 5) is 12.9. The van der Waals surface area contributed by atoms with Crippen LogP contribution in [0.4, 0.5) is 10.1 Å². The zero-order chi connectivity index (χ0) is 22.0. The molecule has 0 fully saturated rings. The highest BCUT2D eigenvalue weighted by molar-refractivity contribution is 7.97. The van der Waals surface area contributed by atoms with Crippen molar-refractivity contribution in [3.63, 3.8) is 0 Å². The van der Waals surface area contributed by atoms with Gasteiger partial charge in [-0.3, -0.25) is 9.10 Å². The van der Waals surface area contributed by atoms with Gasteiger partial charge in [0.1, 0.15) is 16.4 Å². The lowest BCUT2D eigenvalue weighted by Gasteiger charge is -2.29. The van der Waals surface area contributed by atoms with E-state index in [1.165, 1.54) is 46.1 Å². The molecule has 9 heteroatoms. The molecule has 0 saturated heterocycles. The Morgan fingerprint density at radius 2 is 1.90 bits per heavy atom. The van der Waals surface area contributed by atoms with E-state index in [-0.39, 0.29) is 11.4 Å². The highest BCUT2D eigenvalue weighted by atomic mass is 32.2. The lowest BCUT2D eigenvalue weighted by atomic mass is 10.2. The molecule has 160 valence electrons. The predicted octanol–water partition coefficient (Wildman–Crippen LogP) is 4.06. The first-order valence-electron chi connectivity index (χ1n) is 9.36. The average molecular weight is 459 g/mol. The first kappa shape index (κ1) is 21.1. The van der Waals surface area contributed by atoms with E-state index in [4.69, 9.17) is 4.74 Å². The molecule has 3 aromatic rings. The van der Waals surface area contributed by atoms with E-state index in [2.05, 4.69) is 5.32 Å². The molecule has 0 atom stereocenters. The number of nitrogens with one attached hydrogen (secondary N) is 1. The second kappa shape index (κ2) is 8.52. The predicted molar refractivity (Wildman–Crippen MR) is 118 cm³/mol. The zero-order valence-electron chi connectivity index (χ0n) is 16.5. The number of rotatable bonds is 6. The van der Waals surface area contributed by atoms with Crippen molar-refractivity contribution in [2.45, 2.75) is 13.1 Å². The maximum Gasteiger partial charge on any atom is 0.270 e. The number of hydrogen-bond donors (Lipinski definition) is 1. The third-order valence-corrected chi connectivity index (χ3v) is 7.49. The van der Waals surface area contributed by atoms with Crippen molar-refractivity contribution < 1.29 is 22.3 Å². The van der Waals surface area contributed by atoms with Crippen LogP contribution in [0.5, 0.6) is 5.75 Å². The SMILES string of the molecule is COc1cccc(CNC=C2C(=O)c3sccc3N(Cc3ccc(F)cc3)S2(=O)=O)c1. The van der Waals surface area contributed by atoms with Gasteiger partial charge >= 0.3 is 0 Å². The summed E-state index contributed by atoms with van der Waals surface area (Å²) in [6.07, 6.45) is 1.25. The molecule has 0 spiro atoms. The first-order valence-corrected chi connectivity index (χ1v) is 11.7. The van der Waals surface area contributed by atoms with Crippen LogP contribution in [0, 0.1) is 5.82 Å². The van der Waals surface area contributed by atoms with E-state index in [0.29, 0.717) is 28.4 Å². The summed E-state index contributed by atoms with van der Waals surface area (Å²) in [5.74, 6) is -0.264. The van der Waals surface area contributed by atoms with Gasteiger partial charge in [-0.1, -0.05) is 24.3 Å². The van der Waals surface area contributed by atoms with Crippen molar-refractivity contribution in [3.05, 3.63) is 92.9 Å². The number of Topliss-reactive ketones (excluding diaryl/α,β-unsaturated/α-hetero) is 1. The van der Waals surface area contributed by atoms with Crippen molar-refractivity contribution in [2.24, 2.45) is 0 Å². The minimum Gasteiger partial charge on any atom is -0.497 e. The number of anilines is 1. The van der Waals surface area contributed by atoms with Crippen LogP contribution in [-0.2, 0) is 23.1 Å². The summed E-state index contributed by atoms with van der Waals surface area (Å²) in [5, 5.41) is 4.62. The standard InChI is InChI=1S/C22H19FN2O4S2/c1-29-18-4-2-3-16(11-18)12-24-13-20-21(26)22-19(9-10-30-22)25(31(20,27)28)14-15-5-7-17(23)8-6-15/h2-11,13,24H,12,14H2,1H3. The van der Waals surface area contributed by atoms with E-state index < -0.39 is 21.6 Å². The van der Waals surface area contributed by atoms with Crippen LogP contribution in [0.25, 0.3) is 0 Å². The molecule has 4 rings (SSSR count). The fourth-order valence-corrected chi connectivity index (χ4v) is 5.76. The van der Waals surface area contributed by atoms with Crippen LogP contribution in [0.15, 0.2) is 71.1 Å². The second-order valence-electron chi connectivity index (χ2n) is 6.84. The normalized spacial score (nSPS) is 16.3. The van der Waals surface area contributed by atoms with Crippen LogP contribution < -0.4 is 14.4 Å². The quantitative estimate of drug-likeness (QED) is 0.564. The molecule has 31 heavy (non-hydrogen) atoms. The molecule has 0 amide bonds. The Morgan fingerprint density at radius 1 is 1.13 bits per heavy atom. The van der Waals surface area contributed by atoms with E-state index >= 15 is 0 Å². The Bertz CT molecular complexity index is 1250. The number of halogens is 1. The molecule has 1 aliphatic rings. The molecule has 1 aliphatic heterocycles. The molecule has 0 bridgehead atoms. The summed E-state index contributed by atoms with van der Waals surface area (Å²) in [7, 11) is -2.54. The Kier molecular flexibility index (Phi) is 5.79. The highest BCUT2D eigenvalue weighted by Gasteiger charge is 2.41. The van der Waals surface area contributed by atoms with Gasteiger partial charge in [0.2, 0.25) is 5.78 Å². The molecule has 0 aliphatic carbocycles. The molecule has 6 nitrogen and oxygen atoms in total. The molecule has 2 heterocycles. The Labute approximate surface area is 183 Å². The van der Waals surface area contributed by atoms with E-state index in [1.54, 1.807) is 18.6 Å². The Morgan fingerprint density at radius 3 is 2.65 bits per heavy atom. The van der Waals surface area contributed by atoms with Gasteiger partial charge in [-0.2, -0.15) is 0 Å². The summed E-state index contributed by atoms with van der Waals surface area (Å²) < 4.78 is 46.2. The van der Waals surface area contributed by atoms with E-state index in [9.17, 15) is 17.6 Å². The van der Waals surface area contributed by atoms with Crippen molar-refractivity contribution in [1.29, 1.82) is 0 Å². The zero-order valence-corrected chi connectivity index (χ0v) is 18.2. The van der Waals surface area contributed by atoms with Crippen molar-refractivity contribution in [1.82, 2.24) is 5.32 Å². The first-order chi connectivity index (χ1) is 14.9. The number of carbonyl (C=O) groups is 1. The van der Waals surface area contributed by atoms with Gasteiger partial charge in [0.15, 0.2) is 4.91 Å². The lowest BCUT2D eigenvalue weighted by molar-refractivity contribution is 0.104. The molecule has 0 saturated carbocycles. The van der Waals surface area contributed by atoms with Crippen LogP contribution in [-0.4, -0.2) is 21.3 Å². The minimum absolute atomic E-state index is 0.00709. The fourth-order valence-electron chi connectivity index (χ4n) is 3.26. The van der Waals surface area contributed by atoms with Crippen LogP contribution in [0.3, 0.4) is 0 Å². The maximum absolute atomic E-state index is 13.3. The van der Waals surface area contributed by atoms with Gasteiger partial charge in [-0.15, -0.1) is 11.3 Å². The molecular formula is C22H19FN2O4S2. The van der Waals surface area contributed by atoms with Gasteiger partial charge in [-0.25, -0.2) is 12.8 Å². The molecule has 1 aromatic heterocycles. The number of methoxy groups -OCH3 is 1. The largest absolute Gasteiger partial charge is 0.497 e. The number of ketones is 1. The number of sulfonamides is 1. The molecule has 1 N–H and O–H groups in total. The number of benzene rings is 2. The number of ether oxygens (including phenoxy) is 1. The molecule has 2 aromatic carbocycles. The third kappa shape index (κ3) is 4.19. The second-order valence-corrected chi connectivity index (χ2v) is 9.59. The van der Waals surface area contributed by atoms with Gasteiger partial charge in [-0.05, 0) is 46.8 Å². The number of allylic oxidation sites excluding steroid dienone is 1. The minimum atomic E-state index is -4.10. The van der Waals surface area contributed by atoms with Crippen LogP contribution >= 0.6 is 11.3 Å². The Hall–Kier alpha value is -3.17.